The van der Waals surface area contributed by atoms with Gasteiger partial charge >= 0.3 is 6.61 Å². The standard InChI is InChI=1S/C14H17F2N3O5.C13H12N4/c1-17(4-5-18-6-7-23-9-13(18)20)12-8-10(24-14(15)16)2-3-11(12)19(21)22;1-17-8-10(9-4-2-3-5-12(9)17)11-6-7-15-13(14)16-11/h2-3,8,14H,4-7,9H2,1H3;2-8H,1H3,(H2,14,15,16). The van der Waals surface area contributed by atoms with Crippen LogP contribution in [0.4, 0.5) is 26.1 Å². The lowest BCUT2D eigenvalue weighted by molar-refractivity contribution is -0.384. The fraction of sp³-hybridized carbons (Fsp3) is 0.296. The minimum Gasteiger partial charge on any atom is -0.435 e. The van der Waals surface area contributed by atoms with Gasteiger partial charge in [-0.3, -0.25) is 14.9 Å². The monoisotopic (exact) mass is 569 g/mol. The van der Waals surface area contributed by atoms with Crippen LogP contribution in [0.3, 0.4) is 0 Å². The van der Waals surface area contributed by atoms with E-state index in [-0.39, 0.29) is 29.6 Å². The fourth-order valence-corrected chi connectivity index (χ4v) is 4.39. The average molecular weight is 570 g/mol. The molecule has 5 rings (SSSR count). The van der Waals surface area contributed by atoms with Crippen molar-refractivity contribution in [1.82, 2.24) is 19.4 Å². The highest BCUT2D eigenvalue weighted by Gasteiger charge is 2.22. The van der Waals surface area contributed by atoms with E-state index >= 15 is 0 Å². The van der Waals surface area contributed by atoms with Crippen LogP contribution in [0.15, 0.2) is 60.9 Å². The minimum absolute atomic E-state index is 0.0155. The summed E-state index contributed by atoms with van der Waals surface area (Å²) in [7, 11) is 3.61. The average Bonchev–Trinajstić information content (AvgIpc) is 3.29. The molecule has 0 saturated carbocycles. The zero-order valence-corrected chi connectivity index (χ0v) is 22.4. The van der Waals surface area contributed by atoms with E-state index < -0.39 is 11.5 Å². The van der Waals surface area contributed by atoms with Gasteiger partial charge in [0.15, 0.2) is 0 Å². The first-order valence-electron chi connectivity index (χ1n) is 12.6. The van der Waals surface area contributed by atoms with Crippen LogP contribution in [0.5, 0.6) is 5.75 Å². The number of hydrogen-bond acceptors (Lipinski definition) is 9. The zero-order chi connectivity index (χ0) is 29.5. The van der Waals surface area contributed by atoms with Crippen LogP contribution in [0.2, 0.25) is 0 Å². The van der Waals surface area contributed by atoms with Crippen molar-refractivity contribution < 1.29 is 28.0 Å². The predicted molar refractivity (Wildman–Crippen MR) is 149 cm³/mol. The highest BCUT2D eigenvalue weighted by atomic mass is 19.3. The lowest BCUT2D eigenvalue weighted by atomic mass is 10.1. The van der Waals surface area contributed by atoms with Crippen molar-refractivity contribution in [2.75, 3.05) is 50.5 Å². The number of carbonyl (C=O) groups is 1. The number of nitro groups is 1. The Kier molecular flexibility index (Phi) is 9.24. The van der Waals surface area contributed by atoms with Crippen LogP contribution in [0.1, 0.15) is 0 Å². The second-order valence-corrected chi connectivity index (χ2v) is 9.11. The summed E-state index contributed by atoms with van der Waals surface area (Å²) >= 11 is 0. The Morgan fingerprint density at radius 1 is 1.24 bits per heavy atom. The molecule has 2 aromatic heterocycles. The largest absolute Gasteiger partial charge is 0.435 e. The highest BCUT2D eigenvalue weighted by molar-refractivity contribution is 5.95. The molecule has 4 aromatic rings. The molecule has 12 nitrogen and oxygen atoms in total. The molecule has 3 heterocycles. The molecule has 2 N–H and O–H groups in total. The molecule has 0 spiro atoms. The molecule has 14 heteroatoms. The zero-order valence-electron chi connectivity index (χ0n) is 22.4. The smallest absolute Gasteiger partial charge is 0.387 e. The van der Waals surface area contributed by atoms with Gasteiger partial charge in [0.1, 0.15) is 18.0 Å². The molecule has 0 aliphatic carbocycles. The maximum atomic E-state index is 12.3. The molecule has 1 fully saturated rings. The van der Waals surface area contributed by atoms with Crippen molar-refractivity contribution in [2.24, 2.45) is 7.05 Å². The number of morpholine rings is 1. The number of hydrogen-bond donors (Lipinski definition) is 1. The first kappa shape index (κ1) is 29.1. The van der Waals surface area contributed by atoms with E-state index in [0.29, 0.717) is 32.2 Å². The molecule has 216 valence electrons. The Balaban J connectivity index is 0.000000199. The number of amides is 1. The number of nitro benzene ring substituents is 1. The van der Waals surface area contributed by atoms with E-state index in [1.165, 1.54) is 21.9 Å². The van der Waals surface area contributed by atoms with Gasteiger partial charge in [0.25, 0.3) is 5.69 Å². The van der Waals surface area contributed by atoms with Crippen LogP contribution in [-0.4, -0.2) is 76.8 Å². The van der Waals surface area contributed by atoms with Crippen molar-refractivity contribution in [3.05, 3.63) is 71.0 Å². The molecule has 1 aliphatic rings. The molecular formula is C27H29F2N7O5. The summed E-state index contributed by atoms with van der Waals surface area (Å²) in [4.78, 5) is 33.5. The summed E-state index contributed by atoms with van der Waals surface area (Å²) in [6.45, 7) is -1.48. The van der Waals surface area contributed by atoms with Crippen molar-refractivity contribution in [1.29, 1.82) is 0 Å². The molecule has 0 unspecified atom stereocenters. The molecule has 0 radical (unpaired) electrons. The summed E-state index contributed by atoms with van der Waals surface area (Å²) < 4.78 is 36.0. The van der Waals surface area contributed by atoms with Gasteiger partial charge in [-0.25, -0.2) is 9.97 Å². The lowest BCUT2D eigenvalue weighted by Crippen LogP contribution is -2.44. The molecule has 0 bridgehead atoms. The van der Waals surface area contributed by atoms with Crippen molar-refractivity contribution in [3.8, 4) is 17.0 Å². The molecule has 2 aromatic carbocycles. The Hall–Kier alpha value is -4.85. The molecular weight excluding hydrogens is 540 g/mol. The second-order valence-electron chi connectivity index (χ2n) is 9.11. The van der Waals surface area contributed by atoms with Gasteiger partial charge in [0.2, 0.25) is 11.9 Å². The number of aryl methyl sites for hydroxylation is 1. The summed E-state index contributed by atoms with van der Waals surface area (Å²) in [5, 5.41) is 12.3. The van der Waals surface area contributed by atoms with Gasteiger partial charge in [0, 0.05) is 74.7 Å². The van der Waals surface area contributed by atoms with Crippen molar-refractivity contribution in [3.63, 3.8) is 0 Å². The van der Waals surface area contributed by atoms with Crippen LogP contribution in [0, 0.1) is 10.1 Å². The lowest BCUT2D eigenvalue weighted by Gasteiger charge is -2.29. The van der Waals surface area contributed by atoms with E-state index in [9.17, 15) is 23.7 Å². The molecule has 1 saturated heterocycles. The number of nitrogens with zero attached hydrogens (tertiary/aromatic N) is 6. The number of nitrogen functional groups attached to an aromatic ring is 1. The van der Waals surface area contributed by atoms with Crippen LogP contribution in [0.25, 0.3) is 22.2 Å². The first-order chi connectivity index (χ1) is 19.6. The number of ether oxygens (including phenoxy) is 2. The number of likely N-dealkylation sites (N-methyl/N-ethyl adjacent to an activating group) is 1. The second kappa shape index (κ2) is 13.0. The maximum absolute atomic E-state index is 12.3. The van der Waals surface area contributed by atoms with E-state index in [1.807, 2.05) is 25.2 Å². The van der Waals surface area contributed by atoms with Gasteiger partial charge in [-0.05, 0) is 18.2 Å². The Morgan fingerprint density at radius 2 is 2.02 bits per heavy atom. The summed E-state index contributed by atoms with van der Waals surface area (Å²) in [5.74, 6) is -0.0192. The van der Waals surface area contributed by atoms with E-state index in [1.54, 1.807) is 18.1 Å². The Morgan fingerprint density at radius 3 is 2.73 bits per heavy atom. The first-order valence-corrected chi connectivity index (χ1v) is 12.6. The molecule has 1 aliphatic heterocycles. The van der Waals surface area contributed by atoms with Crippen LogP contribution in [-0.2, 0) is 16.6 Å². The number of carbonyl (C=O) groups excluding carboxylic acids is 1. The number of benzene rings is 2. The number of rotatable bonds is 8. The van der Waals surface area contributed by atoms with Gasteiger partial charge in [-0.15, -0.1) is 0 Å². The Bertz CT molecular complexity index is 1530. The highest BCUT2D eigenvalue weighted by Crippen LogP contribution is 2.32. The quantitative estimate of drug-likeness (QED) is 0.248. The van der Waals surface area contributed by atoms with Crippen molar-refractivity contribution >= 4 is 34.1 Å². The SMILES string of the molecule is CN(CCN1CCOCC1=O)c1cc(OC(F)F)ccc1[N+](=O)[O-].Cn1cc(-c2ccnc(N)n2)c2ccccc21. The number of para-hydroxylation sites is 1. The third-order valence-corrected chi connectivity index (χ3v) is 6.42. The van der Waals surface area contributed by atoms with Gasteiger partial charge in [-0.1, -0.05) is 18.2 Å². The number of nitrogens with two attached hydrogens (primary N) is 1. The van der Waals surface area contributed by atoms with Gasteiger partial charge in [0.05, 0.1) is 17.2 Å². The van der Waals surface area contributed by atoms with E-state index in [0.717, 1.165) is 23.4 Å². The van der Waals surface area contributed by atoms with Gasteiger partial charge < -0.3 is 29.6 Å². The molecule has 0 atom stereocenters. The Labute approximate surface area is 234 Å². The third-order valence-electron chi connectivity index (χ3n) is 6.42. The number of fused-ring (bicyclic) bond motifs is 1. The molecule has 41 heavy (non-hydrogen) atoms. The number of alkyl halides is 2. The minimum atomic E-state index is -3.02. The number of anilines is 2. The summed E-state index contributed by atoms with van der Waals surface area (Å²) in [6, 6.07) is 13.5. The maximum Gasteiger partial charge on any atom is 0.387 e. The number of aromatic nitrogens is 3. The predicted octanol–water partition coefficient (Wildman–Crippen LogP) is 3.71. The summed E-state index contributed by atoms with van der Waals surface area (Å²) in [5.41, 5.74) is 8.64. The van der Waals surface area contributed by atoms with Gasteiger partial charge in [-0.2, -0.15) is 8.78 Å². The van der Waals surface area contributed by atoms with Crippen LogP contribution < -0.4 is 15.4 Å². The molecule has 1 amide bonds. The van der Waals surface area contributed by atoms with Crippen molar-refractivity contribution in [2.45, 2.75) is 6.61 Å². The third kappa shape index (κ3) is 7.22. The number of halogens is 2. The van der Waals surface area contributed by atoms with E-state index in [2.05, 4.69) is 37.6 Å². The van der Waals surface area contributed by atoms with E-state index in [4.69, 9.17) is 10.5 Å². The van der Waals surface area contributed by atoms with Crippen LogP contribution >= 0.6 is 0 Å². The summed E-state index contributed by atoms with van der Waals surface area (Å²) in [6.07, 6.45) is 3.74. The normalized spacial score (nSPS) is 13.2. The topological polar surface area (TPSA) is 142 Å². The fourth-order valence-electron chi connectivity index (χ4n) is 4.39.